The van der Waals surface area contributed by atoms with E-state index in [1.54, 1.807) is 0 Å². The van der Waals surface area contributed by atoms with E-state index >= 15 is 0 Å². The molecule has 4 rings (SSSR count). The van der Waals surface area contributed by atoms with Crippen LogP contribution in [0, 0.1) is 30.3 Å². The van der Waals surface area contributed by atoms with Crippen LogP contribution in [-0.2, 0) is 13.2 Å². The Morgan fingerprint density at radius 3 is 2.51 bits per heavy atom. The predicted molar refractivity (Wildman–Crippen MR) is 121 cm³/mol. The van der Waals surface area contributed by atoms with Crippen molar-refractivity contribution < 1.29 is 27.8 Å². The van der Waals surface area contributed by atoms with Crippen molar-refractivity contribution in [1.29, 1.82) is 0 Å². The molecule has 2 aromatic carbocycles. The number of aryl methyl sites for hydroxylation is 1. The Morgan fingerprint density at radius 1 is 1.20 bits per heavy atom. The number of amides is 1. The zero-order valence-electron chi connectivity index (χ0n) is 18.6. The Kier molecular flexibility index (Phi) is 7.02. The smallest absolute Gasteiger partial charge is 0.407 e. The highest BCUT2D eigenvalue weighted by Gasteiger charge is 2.27. The van der Waals surface area contributed by atoms with Crippen molar-refractivity contribution in [2.45, 2.75) is 32.9 Å². The molecule has 3 aromatic rings. The van der Waals surface area contributed by atoms with Gasteiger partial charge in [0.05, 0.1) is 0 Å². The number of benzene rings is 2. The second-order valence-electron chi connectivity index (χ2n) is 8.30. The quantitative estimate of drug-likeness (QED) is 0.459. The largest absolute Gasteiger partial charge is 0.472 e. The van der Waals surface area contributed by atoms with Crippen LogP contribution in [0.3, 0.4) is 0 Å². The van der Waals surface area contributed by atoms with E-state index < -0.39 is 39.8 Å². The van der Waals surface area contributed by atoms with E-state index in [0.29, 0.717) is 28.2 Å². The molecule has 1 heterocycles. The summed E-state index contributed by atoms with van der Waals surface area (Å²) in [5.41, 5.74) is -0.684. The van der Waals surface area contributed by atoms with Crippen molar-refractivity contribution in [2.75, 3.05) is 6.54 Å². The number of hydrogen-bond donors (Lipinski definition) is 1. The van der Waals surface area contributed by atoms with Gasteiger partial charge in [0.1, 0.15) is 35.6 Å². The van der Waals surface area contributed by atoms with Gasteiger partial charge in [-0.3, -0.25) is 9.36 Å². The lowest BCUT2D eigenvalue weighted by Crippen LogP contribution is -2.31. The molecule has 1 N–H and O–H groups in total. The summed E-state index contributed by atoms with van der Waals surface area (Å²) in [6.45, 7) is 1.47. The molecule has 0 unspecified atom stereocenters. The molecule has 1 saturated carbocycles. The molecule has 0 radical (unpaired) electrons. The molecule has 0 spiro atoms. The van der Waals surface area contributed by atoms with Gasteiger partial charge in [0.15, 0.2) is 5.02 Å². The van der Waals surface area contributed by atoms with Crippen molar-refractivity contribution in [3.05, 3.63) is 86.2 Å². The van der Waals surface area contributed by atoms with Crippen molar-refractivity contribution >= 4 is 17.7 Å². The van der Waals surface area contributed by atoms with Gasteiger partial charge < -0.3 is 14.7 Å². The summed E-state index contributed by atoms with van der Waals surface area (Å²) in [6, 6.07) is 7.04. The van der Waals surface area contributed by atoms with Gasteiger partial charge in [0.2, 0.25) is 5.88 Å². The van der Waals surface area contributed by atoms with Gasteiger partial charge in [0.25, 0.3) is 5.56 Å². The van der Waals surface area contributed by atoms with Crippen molar-refractivity contribution in [3.63, 3.8) is 0 Å². The van der Waals surface area contributed by atoms with Crippen molar-refractivity contribution in [2.24, 2.45) is 5.92 Å². The number of carboxylic acid groups (broad SMARTS) is 1. The van der Waals surface area contributed by atoms with Gasteiger partial charge >= 0.3 is 6.09 Å². The summed E-state index contributed by atoms with van der Waals surface area (Å²) in [4.78, 5) is 29.8. The summed E-state index contributed by atoms with van der Waals surface area (Å²) >= 11 is 6.13. The number of carbonyl (C=O) groups is 1. The predicted octanol–water partition coefficient (Wildman–Crippen LogP) is 5.08. The molecule has 0 bridgehead atoms. The van der Waals surface area contributed by atoms with Gasteiger partial charge in [0, 0.05) is 13.1 Å². The lowest BCUT2D eigenvalue weighted by Gasteiger charge is -2.21. The maximum Gasteiger partial charge on any atom is 0.407 e. The van der Waals surface area contributed by atoms with Gasteiger partial charge in [-0.1, -0.05) is 23.7 Å². The van der Waals surface area contributed by atoms with Crippen LogP contribution >= 0.6 is 11.6 Å². The van der Waals surface area contributed by atoms with Crippen molar-refractivity contribution in [3.8, 4) is 11.6 Å². The summed E-state index contributed by atoms with van der Waals surface area (Å²) in [7, 11) is 0. The van der Waals surface area contributed by atoms with Crippen LogP contribution in [0.25, 0.3) is 5.69 Å². The van der Waals surface area contributed by atoms with E-state index in [0.717, 1.165) is 31.0 Å². The second kappa shape index (κ2) is 9.99. The SMILES string of the molecule is Cc1nc(OCc2ccc(F)cc2CN(CC2CC2)C(=O)O)c(Cl)c(=O)n1-c1c(F)cccc1F. The molecule has 1 amide bonds. The van der Waals surface area contributed by atoms with Crippen LogP contribution in [0.4, 0.5) is 18.0 Å². The minimum Gasteiger partial charge on any atom is -0.472 e. The minimum atomic E-state index is -1.11. The zero-order chi connectivity index (χ0) is 25.3. The average Bonchev–Trinajstić information content (AvgIpc) is 3.62. The highest BCUT2D eigenvalue weighted by Crippen LogP contribution is 2.31. The maximum absolute atomic E-state index is 14.2. The Labute approximate surface area is 203 Å². The van der Waals surface area contributed by atoms with Crippen LogP contribution in [0.2, 0.25) is 5.02 Å². The van der Waals surface area contributed by atoms with Crippen LogP contribution in [0.5, 0.6) is 5.88 Å². The Bertz CT molecular complexity index is 1320. The number of halogens is 4. The van der Waals surface area contributed by atoms with Crippen LogP contribution in [-0.4, -0.2) is 32.2 Å². The van der Waals surface area contributed by atoms with E-state index in [4.69, 9.17) is 16.3 Å². The molecule has 0 atom stereocenters. The molecule has 7 nitrogen and oxygen atoms in total. The molecular weight excluding hydrogens is 487 g/mol. The number of nitrogens with zero attached hydrogens (tertiary/aromatic N) is 3. The van der Waals surface area contributed by atoms with Gasteiger partial charge in [-0.2, -0.15) is 4.98 Å². The standard InChI is InChI=1S/C24H21ClF3N3O4/c1-13-29-22(20(25)23(32)31(13)21-18(27)3-2-4-19(21)28)35-12-15-7-8-17(26)9-16(15)11-30(24(33)34)10-14-5-6-14/h2-4,7-9,14H,5-6,10-12H2,1H3,(H,33,34). The fraction of sp³-hybridized carbons (Fsp3) is 0.292. The van der Waals surface area contributed by atoms with Gasteiger partial charge in [-0.25, -0.2) is 18.0 Å². The topological polar surface area (TPSA) is 84.7 Å². The normalized spacial score (nSPS) is 13.1. The number of aromatic nitrogens is 2. The fourth-order valence-corrected chi connectivity index (χ4v) is 3.88. The monoisotopic (exact) mass is 507 g/mol. The summed E-state index contributed by atoms with van der Waals surface area (Å²) < 4.78 is 48.7. The van der Waals surface area contributed by atoms with E-state index in [-0.39, 0.29) is 24.9 Å². The summed E-state index contributed by atoms with van der Waals surface area (Å²) in [6.07, 6.45) is 0.793. The molecule has 1 aliphatic rings. The zero-order valence-corrected chi connectivity index (χ0v) is 19.4. The first-order valence-corrected chi connectivity index (χ1v) is 11.1. The third-order valence-corrected chi connectivity index (χ3v) is 5.99. The molecule has 184 valence electrons. The number of hydrogen-bond acceptors (Lipinski definition) is 4. The molecule has 1 fully saturated rings. The van der Waals surface area contributed by atoms with Crippen molar-refractivity contribution in [1.82, 2.24) is 14.5 Å². The molecule has 35 heavy (non-hydrogen) atoms. The lowest BCUT2D eigenvalue weighted by molar-refractivity contribution is 0.139. The molecular formula is C24H21ClF3N3O4. The number of ether oxygens (including phenoxy) is 1. The van der Waals surface area contributed by atoms with E-state index in [1.807, 2.05) is 0 Å². The van der Waals surface area contributed by atoms with Crippen LogP contribution < -0.4 is 10.3 Å². The second-order valence-corrected chi connectivity index (χ2v) is 8.68. The molecule has 0 aliphatic heterocycles. The van der Waals surface area contributed by atoms with Crippen LogP contribution in [0.1, 0.15) is 29.8 Å². The average molecular weight is 508 g/mol. The molecule has 11 heteroatoms. The summed E-state index contributed by atoms with van der Waals surface area (Å²) in [5.74, 6) is -2.51. The Hall–Kier alpha value is -3.53. The van der Waals surface area contributed by atoms with E-state index in [9.17, 15) is 27.9 Å². The number of rotatable bonds is 8. The fourth-order valence-electron chi connectivity index (χ4n) is 3.70. The maximum atomic E-state index is 14.2. The lowest BCUT2D eigenvalue weighted by atomic mass is 10.1. The third-order valence-electron chi connectivity index (χ3n) is 5.67. The highest BCUT2D eigenvalue weighted by atomic mass is 35.5. The van der Waals surface area contributed by atoms with E-state index in [1.165, 1.54) is 30.0 Å². The van der Waals surface area contributed by atoms with Gasteiger partial charge in [-0.05, 0) is 61.1 Å². The first kappa shape index (κ1) is 24.6. The van der Waals surface area contributed by atoms with E-state index in [2.05, 4.69) is 4.98 Å². The molecule has 0 saturated heterocycles. The molecule has 1 aliphatic carbocycles. The highest BCUT2D eigenvalue weighted by molar-refractivity contribution is 6.31. The Morgan fingerprint density at radius 2 is 1.89 bits per heavy atom. The summed E-state index contributed by atoms with van der Waals surface area (Å²) in [5, 5.41) is 9.02. The first-order valence-electron chi connectivity index (χ1n) is 10.8. The third kappa shape index (κ3) is 5.43. The first-order chi connectivity index (χ1) is 16.7. The molecule has 1 aromatic heterocycles. The number of para-hydroxylation sites is 1. The van der Waals surface area contributed by atoms with Gasteiger partial charge in [-0.15, -0.1) is 0 Å². The Balaban J connectivity index is 1.61. The van der Waals surface area contributed by atoms with Crippen LogP contribution in [0.15, 0.2) is 41.2 Å². The minimum absolute atomic E-state index is 0.0450.